The van der Waals surface area contributed by atoms with E-state index in [1.54, 1.807) is 24.5 Å². The van der Waals surface area contributed by atoms with E-state index < -0.39 is 0 Å². The SMILES string of the molecule is COC(=O)c1ccc2occ(Br)c2c1. The van der Waals surface area contributed by atoms with E-state index in [1.807, 2.05) is 0 Å². The van der Waals surface area contributed by atoms with Crippen LogP contribution in [0.2, 0.25) is 0 Å². The maximum Gasteiger partial charge on any atom is 0.337 e. The Morgan fingerprint density at radius 3 is 3.00 bits per heavy atom. The van der Waals surface area contributed by atoms with Gasteiger partial charge in [-0.15, -0.1) is 0 Å². The topological polar surface area (TPSA) is 39.4 Å². The molecule has 0 radical (unpaired) electrons. The summed E-state index contributed by atoms with van der Waals surface area (Å²) < 4.78 is 10.7. The molecule has 0 aliphatic carbocycles. The Kier molecular flexibility index (Phi) is 2.29. The van der Waals surface area contributed by atoms with Gasteiger partial charge in [-0.2, -0.15) is 0 Å². The van der Waals surface area contributed by atoms with Crippen molar-refractivity contribution >= 4 is 32.9 Å². The van der Waals surface area contributed by atoms with Crippen LogP contribution < -0.4 is 0 Å². The number of esters is 1. The molecule has 0 fully saturated rings. The third-order valence-corrected chi connectivity index (χ3v) is 2.56. The molecule has 0 saturated carbocycles. The molecule has 0 aliphatic heterocycles. The van der Waals surface area contributed by atoms with E-state index in [9.17, 15) is 4.79 Å². The second-order valence-electron chi connectivity index (χ2n) is 2.79. The number of fused-ring (bicyclic) bond motifs is 1. The minimum absolute atomic E-state index is 0.347. The summed E-state index contributed by atoms with van der Waals surface area (Å²) in [5.41, 5.74) is 1.26. The van der Waals surface area contributed by atoms with Crippen molar-refractivity contribution in [2.75, 3.05) is 7.11 Å². The second kappa shape index (κ2) is 3.46. The standard InChI is InChI=1S/C10H7BrO3/c1-13-10(12)6-2-3-9-7(4-6)8(11)5-14-9/h2-5H,1H3. The number of carbonyl (C=O) groups is 1. The lowest BCUT2D eigenvalue weighted by molar-refractivity contribution is 0.0601. The van der Waals surface area contributed by atoms with Crippen molar-refractivity contribution in [3.8, 4) is 0 Å². The highest BCUT2D eigenvalue weighted by Gasteiger charge is 2.09. The van der Waals surface area contributed by atoms with Crippen molar-refractivity contribution in [3.63, 3.8) is 0 Å². The van der Waals surface area contributed by atoms with Crippen molar-refractivity contribution in [2.24, 2.45) is 0 Å². The summed E-state index contributed by atoms with van der Waals surface area (Å²) in [6, 6.07) is 5.14. The molecule has 0 aliphatic rings. The van der Waals surface area contributed by atoms with Gasteiger partial charge in [0.15, 0.2) is 0 Å². The Morgan fingerprint density at radius 1 is 1.50 bits per heavy atom. The highest BCUT2D eigenvalue weighted by Crippen LogP contribution is 2.26. The van der Waals surface area contributed by atoms with Crippen LogP contribution in [0.25, 0.3) is 11.0 Å². The molecule has 14 heavy (non-hydrogen) atoms. The zero-order chi connectivity index (χ0) is 10.1. The van der Waals surface area contributed by atoms with Gasteiger partial charge >= 0.3 is 5.97 Å². The van der Waals surface area contributed by atoms with Gasteiger partial charge in [-0.3, -0.25) is 0 Å². The van der Waals surface area contributed by atoms with Gasteiger partial charge < -0.3 is 9.15 Å². The first-order valence-electron chi connectivity index (χ1n) is 3.97. The minimum atomic E-state index is -0.347. The van der Waals surface area contributed by atoms with Crippen molar-refractivity contribution in [1.82, 2.24) is 0 Å². The number of hydrogen-bond acceptors (Lipinski definition) is 3. The smallest absolute Gasteiger partial charge is 0.337 e. The molecule has 0 bridgehead atoms. The fourth-order valence-corrected chi connectivity index (χ4v) is 1.65. The molecule has 72 valence electrons. The molecular formula is C10H7BrO3. The predicted molar refractivity (Wildman–Crippen MR) is 55.3 cm³/mol. The lowest BCUT2D eigenvalue weighted by Crippen LogP contribution is -2.00. The van der Waals surface area contributed by atoms with Gasteiger partial charge in [0.2, 0.25) is 0 Å². The number of ether oxygens (including phenoxy) is 1. The molecule has 0 amide bonds. The predicted octanol–water partition coefficient (Wildman–Crippen LogP) is 2.98. The van der Waals surface area contributed by atoms with E-state index in [0.717, 1.165) is 15.4 Å². The average Bonchev–Trinajstić information content (AvgIpc) is 2.59. The molecular weight excluding hydrogens is 248 g/mol. The van der Waals surface area contributed by atoms with E-state index in [-0.39, 0.29) is 5.97 Å². The van der Waals surface area contributed by atoms with E-state index in [4.69, 9.17) is 4.42 Å². The highest BCUT2D eigenvalue weighted by atomic mass is 79.9. The maximum atomic E-state index is 11.2. The number of carbonyl (C=O) groups excluding carboxylic acids is 1. The number of halogens is 1. The van der Waals surface area contributed by atoms with Crippen LogP contribution in [0.15, 0.2) is 33.4 Å². The van der Waals surface area contributed by atoms with E-state index in [2.05, 4.69) is 20.7 Å². The van der Waals surface area contributed by atoms with E-state index in [1.165, 1.54) is 7.11 Å². The van der Waals surface area contributed by atoms with Crippen molar-refractivity contribution in [2.45, 2.75) is 0 Å². The van der Waals surface area contributed by atoms with Crippen LogP contribution in [0.1, 0.15) is 10.4 Å². The number of benzene rings is 1. The van der Waals surface area contributed by atoms with Crippen LogP contribution in [-0.4, -0.2) is 13.1 Å². The normalized spacial score (nSPS) is 10.4. The van der Waals surface area contributed by atoms with Gasteiger partial charge in [-0.25, -0.2) is 4.79 Å². The molecule has 2 rings (SSSR count). The summed E-state index contributed by atoms with van der Waals surface area (Å²) >= 11 is 3.33. The average molecular weight is 255 g/mol. The third-order valence-electron chi connectivity index (χ3n) is 1.95. The number of methoxy groups -OCH3 is 1. The van der Waals surface area contributed by atoms with Crippen LogP contribution >= 0.6 is 15.9 Å². The Labute approximate surface area is 88.8 Å². The van der Waals surface area contributed by atoms with Gasteiger partial charge in [-0.05, 0) is 34.1 Å². The van der Waals surface area contributed by atoms with Gasteiger partial charge in [0.25, 0.3) is 0 Å². The Balaban J connectivity index is 2.60. The lowest BCUT2D eigenvalue weighted by atomic mass is 10.2. The van der Waals surface area contributed by atoms with Gasteiger partial charge in [-0.1, -0.05) is 0 Å². The molecule has 4 heteroatoms. The van der Waals surface area contributed by atoms with E-state index >= 15 is 0 Å². The molecule has 1 aromatic heterocycles. The molecule has 0 atom stereocenters. The monoisotopic (exact) mass is 254 g/mol. The molecule has 0 saturated heterocycles. The van der Waals surface area contributed by atoms with Gasteiger partial charge in [0.1, 0.15) is 11.8 Å². The first-order chi connectivity index (χ1) is 6.72. The first kappa shape index (κ1) is 9.27. The molecule has 2 aromatic rings. The van der Waals surface area contributed by atoms with E-state index in [0.29, 0.717) is 5.56 Å². The number of hydrogen-bond donors (Lipinski definition) is 0. The van der Waals surface area contributed by atoms with Gasteiger partial charge in [0.05, 0.1) is 17.1 Å². The zero-order valence-electron chi connectivity index (χ0n) is 7.41. The quantitative estimate of drug-likeness (QED) is 0.735. The van der Waals surface area contributed by atoms with Crippen LogP contribution in [-0.2, 0) is 4.74 Å². The van der Waals surface area contributed by atoms with Crippen LogP contribution in [0.4, 0.5) is 0 Å². The van der Waals surface area contributed by atoms with Crippen LogP contribution in [0.3, 0.4) is 0 Å². The number of furan rings is 1. The Hall–Kier alpha value is -1.29. The molecule has 0 unspecified atom stereocenters. The summed E-state index contributed by atoms with van der Waals surface area (Å²) in [6.45, 7) is 0. The third kappa shape index (κ3) is 1.42. The molecule has 1 aromatic carbocycles. The highest BCUT2D eigenvalue weighted by molar-refractivity contribution is 9.10. The summed E-state index contributed by atoms with van der Waals surface area (Å²) in [5.74, 6) is -0.347. The summed E-state index contributed by atoms with van der Waals surface area (Å²) in [5, 5.41) is 0.868. The minimum Gasteiger partial charge on any atom is -0.465 e. The first-order valence-corrected chi connectivity index (χ1v) is 4.77. The summed E-state index contributed by atoms with van der Waals surface area (Å²) in [7, 11) is 1.36. The van der Waals surface area contributed by atoms with Crippen LogP contribution in [0, 0.1) is 0 Å². The molecule has 1 heterocycles. The van der Waals surface area contributed by atoms with Crippen molar-refractivity contribution in [3.05, 3.63) is 34.5 Å². The Morgan fingerprint density at radius 2 is 2.29 bits per heavy atom. The summed E-state index contributed by atoms with van der Waals surface area (Å²) in [4.78, 5) is 11.2. The maximum absolute atomic E-state index is 11.2. The molecule has 3 nitrogen and oxygen atoms in total. The van der Waals surface area contributed by atoms with Gasteiger partial charge in [0, 0.05) is 5.39 Å². The second-order valence-corrected chi connectivity index (χ2v) is 3.64. The van der Waals surface area contributed by atoms with Crippen molar-refractivity contribution in [1.29, 1.82) is 0 Å². The lowest BCUT2D eigenvalue weighted by Gasteiger charge is -1.98. The Bertz CT molecular complexity index is 487. The largest absolute Gasteiger partial charge is 0.465 e. The molecule has 0 spiro atoms. The fraction of sp³-hybridized carbons (Fsp3) is 0.100. The summed E-state index contributed by atoms with van der Waals surface area (Å²) in [6.07, 6.45) is 1.59. The zero-order valence-corrected chi connectivity index (χ0v) is 9.00. The molecule has 0 N–H and O–H groups in total. The van der Waals surface area contributed by atoms with Crippen LogP contribution in [0.5, 0.6) is 0 Å². The number of rotatable bonds is 1. The van der Waals surface area contributed by atoms with Crippen molar-refractivity contribution < 1.29 is 13.9 Å². The fourth-order valence-electron chi connectivity index (χ4n) is 1.24.